The van der Waals surface area contributed by atoms with Gasteiger partial charge in [0.15, 0.2) is 17.6 Å². The molecule has 0 fully saturated rings. The number of hydrogen-bond acceptors (Lipinski definition) is 6. The Morgan fingerprint density at radius 1 is 1.14 bits per heavy atom. The second-order valence-electron chi connectivity index (χ2n) is 6.82. The van der Waals surface area contributed by atoms with Gasteiger partial charge < -0.3 is 19.5 Å². The number of carbonyl (C=O) groups is 1. The highest BCUT2D eigenvalue weighted by Crippen LogP contribution is 2.31. The third kappa shape index (κ3) is 5.40. The van der Waals surface area contributed by atoms with Gasteiger partial charge in [-0.15, -0.1) is 5.10 Å². The number of aromatic nitrogens is 3. The van der Waals surface area contributed by atoms with Crippen LogP contribution >= 0.6 is 0 Å². The molecule has 8 nitrogen and oxygen atoms in total. The fourth-order valence-electron chi connectivity index (χ4n) is 2.81. The van der Waals surface area contributed by atoms with E-state index in [0.717, 1.165) is 24.4 Å². The summed E-state index contributed by atoms with van der Waals surface area (Å²) < 4.78 is 18.3. The number of rotatable bonds is 11. The Morgan fingerprint density at radius 3 is 2.45 bits per heavy atom. The Hall–Kier alpha value is -2.77. The average Bonchev–Trinajstić information content (AvgIpc) is 3.18. The zero-order valence-electron chi connectivity index (χ0n) is 18.2. The van der Waals surface area contributed by atoms with Crippen molar-refractivity contribution in [2.24, 2.45) is 0 Å². The summed E-state index contributed by atoms with van der Waals surface area (Å²) in [4.78, 5) is 16.9. The van der Waals surface area contributed by atoms with E-state index in [2.05, 4.69) is 29.2 Å². The van der Waals surface area contributed by atoms with Crippen LogP contribution in [0.5, 0.6) is 17.5 Å². The topological polar surface area (TPSA) is 87.5 Å². The molecule has 1 amide bonds. The van der Waals surface area contributed by atoms with Crippen LogP contribution in [0.25, 0.3) is 5.69 Å². The minimum atomic E-state index is -0.632. The van der Waals surface area contributed by atoms with E-state index in [9.17, 15) is 4.79 Å². The molecule has 0 radical (unpaired) electrons. The Kier molecular flexibility index (Phi) is 8.30. The SMILES string of the molecule is CCCNC(=O)C(CC)Oc1nc(C(C)CC)n(-c2ccc(OC)c(OC)c2)n1. The minimum Gasteiger partial charge on any atom is -0.493 e. The average molecular weight is 405 g/mol. The van der Waals surface area contributed by atoms with Crippen molar-refractivity contribution in [1.29, 1.82) is 0 Å². The summed E-state index contributed by atoms with van der Waals surface area (Å²) in [6.45, 7) is 8.69. The number of nitrogens with one attached hydrogen (secondary N) is 1. The summed E-state index contributed by atoms with van der Waals surface area (Å²) in [5.41, 5.74) is 0.781. The van der Waals surface area contributed by atoms with Gasteiger partial charge in [0.25, 0.3) is 5.91 Å². The molecule has 2 atom stereocenters. The van der Waals surface area contributed by atoms with E-state index in [1.54, 1.807) is 18.9 Å². The molecule has 0 aliphatic carbocycles. The van der Waals surface area contributed by atoms with Crippen LogP contribution in [0.2, 0.25) is 0 Å². The Morgan fingerprint density at radius 2 is 1.86 bits per heavy atom. The fourth-order valence-corrected chi connectivity index (χ4v) is 2.81. The third-order valence-corrected chi connectivity index (χ3v) is 4.74. The molecule has 160 valence electrons. The van der Waals surface area contributed by atoms with E-state index in [1.165, 1.54) is 0 Å². The lowest BCUT2D eigenvalue weighted by molar-refractivity contribution is -0.128. The number of ether oxygens (including phenoxy) is 3. The third-order valence-electron chi connectivity index (χ3n) is 4.74. The van der Waals surface area contributed by atoms with E-state index in [1.807, 2.05) is 32.0 Å². The summed E-state index contributed by atoms with van der Waals surface area (Å²) >= 11 is 0. The van der Waals surface area contributed by atoms with Crippen molar-refractivity contribution >= 4 is 5.91 Å². The van der Waals surface area contributed by atoms with Gasteiger partial charge in [0.05, 0.1) is 19.9 Å². The van der Waals surface area contributed by atoms with Crippen LogP contribution in [-0.4, -0.2) is 47.5 Å². The van der Waals surface area contributed by atoms with Crippen LogP contribution in [0.1, 0.15) is 58.7 Å². The monoisotopic (exact) mass is 404 g/mol. The first-order valence-corrected chi connectivity index (χ1v) is 10.1. The number of nitrogens with zero attached hydrogens (tertiary/aromatic N) is 3. The molecule has 0 saturated carbocycles. The molecule has 1 aromatic heterocycles. The summed E-state index contributed by atoms with van der Waals surface area (Å²) in [5.74, 6) is 2.00. The first-order chi connectivity index (χ1) is 14.0. The molecule has 0 aliphatic rings. The van der Waals surface area contributed by atoms with Gasteiger partial charge in [0, 0.05) is 18.5 Å². The molecule has 1 N–H and O–H groups in total. The zero-order valence-corrected chi connectivity index (χ0v) is 18.2. The summed E-state index contributed by atoms with van der Waals surface area (Å²) in [7, 11) is 3.19. The van der Waals surface area contributed by atoms with Crippen LogP contribution in [0.3, 0.4) is 0 Å². The van der Waals surface area contributed by atoms with Crippen molar-refractivity contribution < 1.29 is 19.0 Å². The number of carbonyl (C=O) groups excluding carboxylic acids is 1. The second kappa shape index (κ2) is 10.7. The van der Waals surface area contributed by atoms with Gasteiger partial charge in [-0.2, -0.15) is 4.98 Å². The molecule has 2 rings (SSSR count). The molecular formula is C21H32N4O4. The lowest BCUT2D eigenvalue weighted by Crippen LogP contribution is -2.38. The molecule has 1 aromatic carbocycles. The van der Waals surface area contributed by atoms with Gasteiger partial charge >= 0.3 is 6.01 Å². The predicted octanol–water partition coefficient (Wildman–Crippen LogP) is 3.48. The highest BCUT2D eigenvalue weighted by molar-refractivity contribution is 5.80. The molecule has 29 heavy (non-hydrogen) atoms. The highest BCUT2D eigenvalue weighted by atomic mass is 16.5. The molecule has 0 aliphatic heterocycles. The number of benzene rings is 1. The van der Waals surface area contributed by atoms with Crippen molar-refractivity contribution in [2.75, 3.05) is 20.8 Å². The van der Waals surface area contributed by atoms with Crippen LogP contribution in [0.4, 0.5) is 0 Å². The molecule has 2 unspecified atom stereocenters. The van der Waals surface area contributed by atoms with E-state index in [0.29, 0.717) is 24.5 Å². The van der Waals surface area contributed by atoms with Gasteiger partial charge in [-0.3, -0.25) is 4.79 Å². The van der Waals surface area contributed by atoms with E-state index < -0.39 is 6.10 Å². The van der Waals surface area contributed by atoms with Gasteiger partial charge in [-0.05, 0) is 31.4 Å². The van der Waals surface area contributed by atoms with Gasteiger partial charge in [0.2, 0.25) is 0 Å². The lowest BCUT2D eigenvalue weighted by atomic mass is 10.1. The summed E-state index contributed by atoms with van der Waals surface area (Å²) in [5, 5.41) is 7.40. The smallest absolute Gasteiger partial charge is 0.336 e. The van der Waals surface area contributed by atoms with Crippen molar-refractivity contribution in [2.45, 2.75) is 59.0 Å². The van der Waals surface area contributed by atoms with Crippen LogP contribution in [-0.2, 0) is 4.79 Å². The molecular weight excluding hydrogens is 372 g/mol. The number of amides is 1. The molecule has 0 spiro atoms. The molecule has 1 heterocycles. The lowest BCUT2D eigenvalue weighted by Gasteiger charge is -2.14. The first kappa shape index (κ1) is 22.5. The summed E-state index contributed by atoms with van der Waals surface area (Å²) in [6.07, 6.45) is 1.65. The first-order valence-electron chi connectivity index (χ1n) is 10.1. The van der Waals surface area contributed by atoms with Crippen LogP contribution in [0.15, 0.2) is 18.2 Å². The number of methoxy groups -OCH3 is 2. The predicted molar refractivity (Wildman–Crippen MR) is 111 cm³/mol. The van der Waals surface area contributed by atoms with Gasteiger partial charge in [-0.25, -0.2) is 4.68 Å². The Bertz CT molecular complexity index is 806. The maximum absolute atomic E-state index is 12.3. The van der Waals surface area contributed by atoms with Crippen molar-refractivity contribution in [3.63, 3.8) is 0 Å². The van der Waals surface area contributed by atoms with Crippen molar-refractivity contribution in [1.82, 2.24) is 20.1 Å². The van der Waals surface area contributed by atoms with Crippen molar-refractivity contribution in [3.8, 4) is 23.2 Å². The quantitative estimate of drug-likeness (QED) is 0.617. The zero-order chi connectivity index (χ0) is 21.4. The van der Waals surface area contributed by atoms with Crippen LogP contribution < -0.4 is 19.5 Å². The van der Waals surface area contributed by atoms with Crippen molar-refractivity contribution in [3.05, 3.63) is 24.0 Å². The largest absolute Gasteiger partial charge is 0.493 e. The van der Waals surface area contributed by atoms with Gasteiger partial charge in [-0.1, -0.05) is 27.7 Å². The number of hydrogen-bond donors (Lipinski definition) is 1. The molecule has 8 heteroatoms. The molecule has 2 aromatic rings. The summed E-state index contributed by atoms with van der Waals surface area (Å²) in [6, 6.07) is 5.74. The van der Waals surface area contributed by atoms with Crippen LogP contribution in [0, 0.1) is 0 Å². The van der Waals surface area contributed by atoms with E-state index in [-0.39, 0.29) is 17.8 Å². The Labute approximate surface area is 172 Å². The molecule has 0 saturated heterocycles. The minimum absolute atomic E-state index is 0.151. The second-order valence-corrected chi connectivity index (χ2v) is 6.82. The molecule has 0 bridgehead atoms. The fraction of sp³-hybridized carbons (Fsp3) is 0.571. The highest BCUT2D eigenvalue weighted by Gasteiger charge is 2.23. The Balaban J connectivity index is 2.38. The standard InChI is InChI=1S/C21H32N4O4/c1-7-12-22-20(26)16(9-3)29-21-23-19(14(4)8-2)25(24-21)15-10-11-17(27-5)18(13-15)28-6/h10-11,13-14,16H,7-9,12H2,1-6H3,(H,22,26). The normalized spacial score (nSPS) is 12.9. The maximum Gasteiger partial charge on any atom is 0.336 e. The maximum atomic E-state index is 12.3. The van der Waals surface area contributed by atoms with Gasteiger partial charge in [0.1, 0.15) is 5.82 Å². The van der Waals surface area contributed by atoms with E-state index in [4.69, 9.17) is 14.2 Å². The van der Waals surface area contributed by atoms with E-state index >= 15 is 0 Å².